The molecule has 80 valence electrons. The van der Waals surface area contributed by atoms with Gasteiger partial charge in [-0.2, -0.15) is 0 Å². The topological polar surface area (TPSA) is 26.3 Å². The first kappa shape index (κ1) is 11.8. The van der Waals surface area contributed by atoms with Gasteiger partial charge in [0.05, 0.1) is 11.5 Å². The van der Waals surface area contributed by atoms with E-state index in [1.54, 1.807) is 19.1 Å². The highest BCUT2D eigenvalue weighted by molar-refractivity contribution is 8.04. The highest BCUT2D eigenvalue weighted by Crippen LogP contribution is 2.25. The minimum absolute atomic E-state index is 0.295. The summed E-state index contributed by atoms with van der Waals surface area (Å²) in [5.74, 6) is -0.743. The van der Waals surface area contributed by atoms with Crippen LogP contribution >= 0.6 is 11.8 Å². The van der Waals surface area contributed by atoms with Crippen molar-refractivity contribution in [3.63, 3.8) is 0 Å². The Morgan fingerprint density at radius 1 is 1.47 bits per heavy atom. The van der Waals surface area contributed by atoms with Crippen molar-refractivity contribution >= 4 is 17.7 Å². The zero-order valence-corrected chi connectivity index (χ0v) is 9.14. The zero-order chi connectivity index (χ0) is 11.3. The molecule has 4 heteroatoms. The summed E-state index contributed by atoms with van der Waals surface area (Å²) in [6.07, 6.45) is 0. The van der Waals surface area contributed by atoms with Crippen molar-refractivity contribution in [2.75, 3.05) is 6.61 Å². The predicted molar refractivity (Wildman–Crippen MR) is 58.0 cm³/mol. The van der Waals surface area contributed by atoms with Crippen LogP contribution in [0.5, 0.6) is 0 Å². The summed E-state index contributed by atoms with van der Waals surface area (Å²) < 4.78 is 17.3. The molecule has 15 heavy (non-hydrogen) atoms. The van der Waals surface area contributed by atoms with Gasteiger partial charge in [0.25, 0.3) is 0 Å². The molecular formula is C11H11FO2S. The third kappa shape index (κ3) is 3.75. The van der Waals surface area contributed by atoms with E-state index in [4.69, 9.17) is 4.74 Å². The first-order chi connectivity index (χ1) is 7.13. The number of rotatable bonds is 4. The highest BCUT2D eigenvalue weighted by atomic mass is 32.2. The molecule has 0 aromatic heterocycles. The second-order valence-corrected chi connectivity index (χ2v) is 3.87. The number of thioether (sulfide) groups is 1. The lowest BCUT2D eigenvalue weighted by Crippen LogP contribution is -2.03. The Bertz CT molecular complexity index is 359. The average Bonchev–Trinajstić information content (AvgIpc) is 2.22. The maximum absolute atomic E-state index is 12.6. The molecule has 0 aliphatic rings. The molecule has 0 saturated heterocycles. The summed E-state index contributed by atoms with van der Waals surface area (Å²) in [7, 11) is 0. The predicted octanol–water partition coefficient (Wildman–Crippen LogP) is 2.99. The molecule has 1 aromatic rings. The van der Waals surface area contributed by atoms with Gasteiger partial charge in [-0.1, -0.05) is 18.3 Å². The van der Waals surface area contributed by atoms with Crippen molar-refractivity contribution in [2.24, 2.45) is 0 Å². The van der Waals surface area contributed by atoms with Crippen LogP contribution in [0.25, 0.3) is 0 Å². The summed E-state index contributed by atoms with van der Waals surface area (Å²) >= 11 is 1.16. The molecule has 1 rings (SSSR count). The van der Waals surface area contributed by atoms with Crippen molar-refractivity contribution in [1.82, 2.24) is 0 Å². The van der Waals surface area contributed by atoms with Crippen LogP contribution in [0.4, 0.5) is 4.39 Å². The first-order valence-electron chi connectivity index (χ1n) is 4.43. The summed E-state index contributed by atoms with van der Waals surface area (Å²) in [4.78, 5) is 12.3. The van der Waals surface area contributed by atoms with Crippen molar-refractivity contribution in [3.8, 4) is 0 Å². The summed E-state index contributed by atoms with van der Waals surface area (Å²) in [5.41, 5.74) is 0. The van der Waals surface area contributed by atoms with E-state index in [1.165, 1.54) is 12.1 Å². The van der Waals surface area contributed by atoms with Gasteiger partial charge in [0.2, 0.25) is 0 Å². The fourth-order valence-electron chi connectivity index (χ4n) is 0.898. The van der Waals surface area contributed by atoms with Gasteiger partial charge in [-0.05, 0) is 31.2 Å². The van der Waals surface area contributed by atoms with Gasteiger partial charge in [0.15, 0.2) is 0 Å². The summed E-state index contributed by atoms with van der Waals surface area (Å²) in [6, 6.07) is 5.84. The van der Waals surface area contributed by atoms with Crippen LogP contribution in [0, 0.1) is 5.82 Å². The van der Waals surface area contributed by atoms with E-state index in [1.807, 2.05) is 0 Å². The van der Waals surface area contributed by atoms with Crippen molar-refractivity contribution in [3.05, 3.63) is 41.6 Å². The Hall–Kier alpha value is -1.29. The van der Waals surface area contributed by atoms with Crippen molar-refractivity contribution in [2.45, 2.75) is 11.8 Å². The van der Waals surface area contributed by atoms with Crippen LogP contribution in [0.2, 0.25) is 0 Å². The lowest BCUT2D eigenvalue weighted by molar-refractivity contribution is -0.137. The Balaban J connectivity index is 2.58. The maximum atomic E-state index is 12.6. The van der Waals surface area contributed by atoms with Crippen LogP contribution in [0.3, 0.4) is 0 Å². The fourth-order valence-corrected chi connectivity index (χ4v) is 1.60. The molecule has 0 heterocycles. The number of hydrogen-bond acceptors (Lipinski definition) is 3. The molecule has 0 saturated carbocycles. The van der Waals surface area contributed by atoms with Crippen LogP contribution in [0.15, 0.2) is 40.6 Å². The molecular weight excluding hydrogens is 215 g/mol. The van der Waals surface area contributed by atoms with E-state index in [0.29, 0.717) is 11.5 Å². The van der Waals surface area contributed by atoms with Crippen molar-refractivity contribution in [1.29, 1.82) is 0 Å². The van der Waals surface area contributed by atoms with Crippen LogP contribution in [0.1, 0.15) is 6.92 Å². The van der Waals surface area contributed by atoms with Crippen LogP contribution in [-0.2, 0) is 9.53 Å². The molecule has 0 atom stereocenters. The summed E-state index contributed by atoms with van der Waals surface area (Å²) in [6.45, 7) is 5.64. The Morgan fingerprint density at radius 3 is 2.60 bits per heavy atom. The minimum atomic E-state index is -0.438. The van der Waals surface area contributed by atoms with Crippen LogP contribution in [-0.4, -0.2) is 12.6 Å². The van der Waals surface area contributed by atoms with E-state index in [9.17, 15) is 9.18 Å². The van der Waals surface area contributed by atoms with Gasteiger partial charge in [-0.25, -0.2) is 9.18 Å². The Labute approximate surface area is 92.1 Å². The zero-order valence-electron chi connectivity index (χ0n) is 8.33. The monoisotopic (exact) mass is 226 g/mol. The molecule has 2 nitrogen and oxygen atoms in total. The van der Waals surface area contributed by atoms with Gasteiger partial charge < -0.3 is 4.74 Å². The number of carbonyl (C=O) groups excluding carboxylic acids is 1. The lowest BCUT2D eigenvalue weighted by Gasteiger charge is -2.04. The fraction of sp³-hybridized carbons (Fsp3) is 0.182. The molecule has 0 fully saturated rings. The second kappa shape index (κ2) is 5.56. The number of benzene rings is 1. The molecule has 0 N–H and O–H groups in total. The lowest BCUT2D eigenvalue weighted by atomic mass is 10.4. The van der Waals surface area contributed by atoms with E-state index < -0.39 is 5.97 Å². The first-order valence-corrected chi connectivity index (χ1v) is 5.24. The summed E-state index contributed by atoms with van der Waals surface area (Å²) in [5, 5.41) is 0. The van der Waals surface area contributed by atoms with Crippen molar-refractivity contribution < 1.29 is 13.9 Å². The number of esters is 1. The van der Waals surface area contributed by atoms with Gasteiger partial charge in [0, 0.05) is 4.90 Å². The van der Waals surface area contributed by atoms with E-state index in [-0.39, 0.29) is 5.82 Å². The molecule has 0 radical (unpaired) electrons. The standard InChI is InChI=1S/C11H11FO2S/c1-3-14-11(13)8(2)15-10-6-4-9(12)5-7-10/h4-7H,2-3H2,1H3. The smallest absolute Gasteiger partial charge is 0.344 e. The molecule has 0 aliphatic carbocycles. The van der Waals surface area contributed by atoms with Gasteiger partial charge in [-0.15, -0.1) is 0 Å². The third-order valence-electron chi connectivity index (χ3n) is 1.56. The Morgan fingerprint density at radius 2 is 2.07 bits per heavy atom. The quantitative estimate of drug-likeness (QED) is 0.448. The number of hydrogen-bond donors (Lipinski definition) is 0. The molecule has 0 bridgehead atoms. The largest absolute Gasteiger partial charge is 0.462 e. The highest BCUT2D eigenvalue weighted by Gasteiger charge is 2.09. The van der Waals surface area contributed by atoms with E-state index in [2.05, 4.69) is 6.58 Å². The molecule has 0 aliphatic heterocycles. The number of halogens is 1. The SMILES string of the molecule is C=C(Sc1ccc(F)cc1)C(=O)OCC. The molecule has 1 aromatic carbocycles. The second-order valence-electron chi connectivity index (χ2n) is 2.70. The third-order valence-corrected chi connectivity index (χ3v) is 2.48. The minimum Gasteiger partial charge on any atom is -0.462 e. The Kier molecular flexibility index (Phi) is 4.37. The molecule has 0 spiro atoms. The van der Waals surface area contributed by atoms with E-state index in [0.717, 1.165) is 16.7 Å². The average molecular weight is 226 g/mol. The number of carbonyl (C=O) groups is 1. The van der Waals surface area contributed by atoms with Gasteiger partial charge in [-0.3, -0.25) is 0 Å². The number of ether oxygens (including phenoxy) is 1. The van der Waals surface area contributed by atoms with Gasteiger partial charge in [0.1, 0.15) is 5.82 Å². The van der Waals surface area contributed by atoms with E-state index >= 15 is 0 Å². The maximum Gasteiger partial charge on any atom is 0.344 e. The normalized spacial score (nSPS) is 9.73. The molecule has 0 amide bonds. The van der Waals surface area contributed by atoms with Gasteiger partial charge >= 0.3 is 5.97 Å². The molecule has 0 unspecified atom stereocenters. The van der Waals surface area contributed by atoms with Crippen LogP contribution < -0.4 is 0 Å².